The summed E-state index contributed by atoms with van der Waals surface area (Å²) in [6, 6.07) is 3.53. The van der Waals surface area contributed by atoms with Crippen molar-refractivity contribution >= 4 is 25.2 Å². The van der Waals surface area contributed by atoms with Crippen LogP contribution in [0.15, 0.2) is 18.3 Å². The van der Waals surface area contributed by atoms with Crippen molar-refractivity contribution in [1.82, 2.24) is 4.98 Å². The maximum absolute atomic E-state index is 12.6. The maximum atomic E-state index is 12.6. The monoisotopic (exact) mass is 483 g/mol. The molecule has 0 aliphatic carbocycles. The first-order chi connectivity index (χ1) is 13.2. The first kappa shape index (κ1) is 22.5. The molecule has 0 saturated heterocycles. The van der Waals surface area contributed by atoms with Crippen LogP contribution in [-0.2, 0) is 3.07 Å². The first-order valence-corrected chi connectivity index (χ1v) is 17.4. The molecule has 1 aliphatic rings. The van der Waals surface area contributed by atoms with Crippen LogP contribution in [0.1, 0.15) is 101 Å². The van der Waals surface area contributed by atoms with Gasteiger partial charge in [0.1, 0.15) is 0 Å². The van der Waals surface area contributed by atoms with Crippen LogP contribution >= 0.6 is 0 Å². The van der Waals surface area contributed by atoms with E-state index in [9.17, 15) is 4.79 Å². The number of carbonyl (C=O) groups excluding carboxylic acids is 1. The Kier molecular flexibility index (Phi) is 10.5. The molecule has 27 heavy (non-hydrogen) atoms. The fourth-order valence-corrected chi connectivity index (χ4v) is 13.0. The van der Waals surface area contributed by atoms with Crippen LogP contribution < -0.4 is 3.07 Å². The van der Waals surface area contributed by atoms with Crippen LogP contribution in [0.25, 0.3) is 0 Å². The van der Waals surface area contributed by atoms with Crippen molar-refractivity contribution in [3.8, 4) is 5.88 Å². The second-order valence-electron chi connectivity index (χ2n) is 7.79. The Bertz CT molecular complexity index is 548. The molecule has 1 aromatic rings. The zero-order valence-electron chi connectivity index (χ0n) is 17.3. The van der Waals surface area contributed by atoms with Crippen molar-refractivity contribution in [3.05, 3.63) is 23.9 Å². The van der Waals surface area contributed by atoms with Gasteiger partial charge in [-0.15, -0.1) is 0 Å². The van der Waals surface area contributed by atoms with Crippen molar-refractivity contribution in [2.24, 2.45) is 0 Å². The number of unbranched alkanes of at least 4 members (excludes halogenated alkanes) is 10. The molecule has 0 bridgehead atoms. The summed E-state index contributed by atoms with van der Waals surface area (Å²) in [7, 11) is 0. The quantitative estimate of drug-likeness (QED) is 0.216. The van der Waals surface area contributed by atoms with Gasteiger partial charge in [-0.3, -0.25) is 0 Å². The van der Waals surface area contributed by atoms with E-state index in [1.807, 2.05) is 0 Å². The predicted molar refractivity (Wildman–Crippen MR) is 112 cm³/mol. The summed E-state index contributed by atoms with van der Waals surface area (Å²) in [6.45, 7) is 4.48. The molecular weight excluding hydrogens is 445 g/mol. The Balaban J connectivity index is 1.91. The van der Waals surface area contributed by atoms with E-state index in [-0.39, 0.29) is 5.97 Å². The number of hydrogen-bond donors (Lipinski definition) is 0. The Labute approximate surface area is 170 Å². The predicted octanol–water partition coefficient (Wildman–Crippen LogP) is 6.79. The molecule has 0 amide bonds. The molecule has 0 fully saturated rings. The van der Waals surface area contributed by atoms with Gasteiger partial charge in [-0.05, 0) is 0 Å². The number of nitrogens with zero attached hydrogens (tertiary/aromatic N) is 1. The molecule has 1 aromatic heterocycles. The molecule has 0 aromatic carbocycles. The summed E-state index contributed by atoms with van der Waals surface area (Å²) in [4.78, 5) is 16.9. The van der Waals surface area contributed by atoms with Gasteiger partial charge in [-0.25, -0.2) is 0 Å². The number of hydrogen-bond acceptors (Lipinski definition) is 4. The van der Waals surface area contributed by atoms with E-state index in [0.29, 0.717) is 11.4 Å². The van der Waals surface area contributed by atoms with E-state index in [4.69, 9.17) is 6.15 Å². The second-order valence-corrected chi connectivity index (χ2v) is 17.0. The number of pyridine rings is 1. The third-order valence-corrected chi connectivity index (χ3v) is 14.9. The van der Waals surface area contributed by atoms with E-state index in [1.54, 1.807) is 18.3 Å². The molecule has 0 spiro atoms. The van der Waals surface area contributed by atoms with Crippen LogP contribution in [0.3, 0.4) is 0 Å². The Hall–Kier alpha value is -0.781. The molecule has 4 nitrogen and oxygen atoms in total. The van der Waals surface area contributed by atoms with Gasteiger partial charge < -0.3 is 0 Å². The summed E-state index contributed by atoms with van der Waals surface area (Å²) in [5.74, 6) is 0.332. The zero-order valence-corrected chi connectivity index (χ0v) is 20.2. The molecule has 152 valence electrons. The number of fused-ring (bicyclic) bond motifs is 1. The topological polar surface area (TPSA) is 48.4 Å². The zero-order chi connectivity index (χ0) is 19.4. The molecule has 1 aliphatic heterocycles. The van der Waals surface area contributed by atoms with Crippen molar-refractivity contribution in [1.29, 1.82) is 0 Å². The first-order valence-electron chi connectivity index (χ1n) is 11.1. The van der Waals surface area contributed by atoms with Crippen LogP contribution in [0, 0.1) is 0 Å². The average molecular weight is 482 g/mol. The van der Waals surface area contributed by atoms with Crippen molar-refractivity contribution in [3.63, 3.8) is 0 Å². The van der Waals surface area contributed by atoms with Crippen molar-refractivity contribution in [2.45, 2.75) is 99.8 Å². The fraction of sp³-hybridized carbons (Fsp3) is 0.727. The van der Waals surface area contributed by atoms with Gasteiger partial charge in [0.05, 0.1) is 0 Å². The molecule has 2 heterocycles. The van der Waals surface area contributed by atoms with E-state index in [1.165, 1.54) is 64.2 Å². The van der Waals surface area contributed by atoms with Gasteiger partial charge in [0, 0.05) is 0 Å². The van der Waals surface area contributed by atoms with Crippen LogP contribution in [-0.4, -0.2) is 30.2 Å². The van der Waals surface area contributed by atoms with Crippen LogP contribution in [0.5, 0.6) is 5.88 Å². The molecule has 0 atom stereocenters. The van der Waals surface area contributed by atoms with Gasteiger partial charge in [0.25, 0.3) is 0 Å². The van der Waals surface area contributed by atoms with Gasteiger partial charge in [-0.2, -0.15) is 0 Å². The van der Waals surface area contributed by atoms with E-state index in [0.717, 1.165) is 21.7 Å². The number of aromatic nitrogens is 1. The van der Waals surface area contributed by atoms with E-state index in [2.05, 4.69) is 18.8 Å². The van der Waals surface area contributed by atoms with Crippen molar-refractivity contribution < 1.29 is 10.9 Å². The summed E-state index contributed by atoms with van der Waals surface area (Å²) < 4.78 is 14.4. The third kappa shape index (κ3) is 7.63. The van der Waals surface area contributed by atoms with E-state index < -0.39 is 19.2 Å². The standard InChI is InChI=1S/2C8H17.C6H5NO3.Sn/c2*1-3-5-7-8-6-4-2;8-5-4(6(9)10)2-1-3-7-5;/h2*1,3-8H2,2H3;1-3H,(H,7,8)(H,9,10);/q;;;+2/p-2. The fourth-order valence-electron chi connectivity index (χ4n) is 3.73. The number of carbonyl (C=O) groups is 1. The summed E-state index contributed by atoms with van der Waals surface area (Å²) in [5.41, 5.74) is 0.496. The Morgan fingerprint density at radius 1 is 0.815 bits per heavy atom. The summed E-state index contributed by atoms with van der Waals surface area (Å²) >= 11 is -3.43. The Morgan fingerprint density at radius 2 is 1.37 bits per heavy atom. The van der Waals surface area contributed by atoms with Gasteiger partial charge in [0.2, 0.25) is 0 Å². The third-order valence-electron chi connectivity index (χ3n) is 5.37. The molecule has 2 rings (SSSR count). The molecule has 0 radical (unpaired) electrons. The normalized spacial score (nSPS) is 15.1. The summed E-state index contributed by atoms with van der Waals surface area (Å²) in [5, 5.41) is 0. The van der Waals surface area contributed by atoms with Gasteiger partial charge >= 0.3 is 171 Å². The second kappa shape index (κ2) is 12.6. The van der Waals surface area contributed by atoms with Crippen LogP contribution in [0.4, 0.5) is 0 Å². The Morgan fingerprint density at radius 3 is 1.96 bits per heavy atom. The van der Waals surface area contributed by atoms with Crippen molar-refractivity contribution in [2.75, 3.05) is 0 Å². The average Bonchev–Trinajstić information content (AvgIpc) is 2.67. The van der Waals surface area contributed by atoms with Gasteiger partial charge in [0.15, 0.2) is 0 Å². The molecule has 5 heteroatoms. The molecule has 0 N–H and O–H groups in total. The number of rotatable bonds is 14. The van der Waals surface area contributed by atoms with Gasteiger partial charge in [-0.1, -0.05) is 0 Å². The minimum absolute atomic E-state index is 0.197. The molecule has 0 saturated carbocycles. The molecule has 0 unspecified atom stereocenters. The van der Waals surface area contributed by atoms with E-state index >= 15 is 0 Å². The molecular formula is C22H37NO3Sn. The SMILES string of the molecule is CCCCCCC[CH2][Sn]1([CH2]CCCCCCC)[O]C(=O)c2cccnc2[O]1. The minimum atomic E-state index is -3.43. The van der Waals surface area contributed by atoms with Crippen LogP contribution in [0.2, 0.25) is 8.87 Å². The summed E-state index contributed by atoms with van der Waals surface area (Å²) in [6.07, 6.45) is 16.7.